The number of hydrogen-bond donors (Lipinski definition) is 1. The van der Waals surface area contributed by atoms with Crippen LogP contribution in [0.15, 0.2) is 22.7 Å². The quantitative estimate of drug-likeness (QED) is 0.937. The molecule has 1 atom stereocenters. The van der Waals surface area contributed by atoms with Gasteiger partial charge >= 0.3 is 0 Å². The van der Waals surface area contributed by atoms with E-state index in [4.69, 9.17) is 33.5 Å². The van der Waals surface area contributed by atoms with E-state index in [2.05, 4.69) is 10.1 Å². The Morgan fingerprint density at radius 1 is 1.33 bits per heavy atom. The van der Waals surface area contributed by atoms with Crippen molar-refractivity contribution in [1.82, 2.24) is 10.1 Å². The summed E-state index contributed by atoms with van der Waals surface area (Å²) in [5.74, 6) is 1.36. The first-order chi connectivity index (χ1) is 8.65. The summed E-state index contributed by atoms with van der Waals surface area (Å²) in [6, 6.07) is 4.95. The molecule has 0 spiro atoms. The van der Waals surface area contributed by atoms with Crippen LogP contribution >= 0.6 is 23.2 Å². The first-order valence-corrected chi connectivity index (χ1v) is 6.45. The topological polar surface area (TPSA) is 64.9 Å². The van der Waals surface area contributed by atoms with Crippen LogP contribution in [0.3, 0.4) is 0 Å². The maximum Gasteiger partial charge on any atom is 0.259 e. The minimum Gasteiger partial charge on any atom is -0.334 e. The molecule has 3 rings (SSSR count). The van der Waals surface area contributed by atoms with Gasteiger partial charge in [0.25, 0.3) is 5.89 Å². The van der Waals surface area contributed by atoms with Gasteiger partial charge in [0, 0.05) is 5.02 Å². The third-order valence-corrected chi connectivity index (χ3v) is 3.59. The predicted octanol–water partition coefficient (Wildman–Crippen LogP) is 3.45. The van der Waals surface area contributed by atoms with E-state index in [-0.39, 0.29) is 6.04 Å². The fraction of sp³-hybridized carbons (Fsp3) is 0.333. The van der Waals surface area contributed by atoms with Crippen molar-refractivity contribution in [3.63, 3.8) is 0 Å². The highest BCUT2D eigenvalue weighted by molar-refractivity contribution is 6.35. The van der Waals surface area contributed by atoms with E-state index in [0.717, 1.165) is 12.8 Å². The van der Waals surface area contributed by atoms with Crippen molar-refractivity contribution in [3.8, 4) is 11.5 Å². The van der Waals surface area contributed by atoms with E-state index in [1.807, 2.05) is 0 Å². The molecule has 18 heavy (non-hydrogen) atoms. The summed E-state index contributed by atoms with van der Waals surface area (Å²) in [6.45, 7) is 0. The molecule has 1 saturated carbocycles. The monoisotopic (exact) mass is 283 g/mol. The lowest BCUT2D eigenvalue weighted by Gasteiger charge is -2.02. The second kappa shape index (κ2) is 4.53. The average molecular weight is 284 g/mol. The van der Waals surface area contributed by atoms with Crippen LogP contribution in [0.1, 0.15) is 24.7 Å². The van der Waals surface area contributed by atoms with Crippen molar-refractivity contribution in [3.05, 3.63) is 34.1 Å². The van der Waals surface area contributed by atoms with Gasteiger partial charge in [-0.25, -0.2) is 0 Å². The molecule has 1 aliphatic carbocycles. The SMILES string of the molecule is NC(c1noc(-c2cc(Cl)ccc2Cl)n1)C1CC1. The van der Waals surface area contributed by atoms with Crippen molar-refractivity contribution in [2.75, 3.05) is 0 Å². The standard InChI is InChI=1S/C12H11Cl2N3O/c13-7-3-4-9(14)8(5-7)12-16-11(17-18-12)10(15)6-1-2-6/h3-6,10H,1-2,15H2. The Kier molecular flexibility index (Phi) is 3.01. The van der Waals surface area contributed by atoms with Crippen molar-refractivity contribution in [1.29, 1.82) is 0 Å². The first kappa shape index (κ1) is 12.0. The highest BCUT2D eigenvalue weighted by Crippen LogP contribution is 2.39. The van der Waals surface area contributed by atoms with Crippen LogP contribution < -0.4 is 5.73 Å². The maximum atomic E-state index is 6.08. The van der Waals surface area contributed by atoms with Crippen LogP contribution in [0.2, 0.25) is 10.0 Å². The second-order valence-corrected chi connectivity index (χ2v) is 5.29. The molecule has 0 amide bonds. The summed E-state index contributed by atoms with van der Waals surface area (Å²) in [5, 5.41) is 5.00. The van der Waals surface area contributed by atoms with Crippen LogP contribution in [0, 0.1) is 5.92 Å². The Bertz CT molecular complexity index is 580. The van der Waals surface area contributed by atoms with Gasteiger partial charge in [-0.2, -0.15) is 4.98 Å². The van der Waals surface area contributed by atoms with Gasteiger partial charge in [-0.1, -0.05) is 28.4 Å². The van der Waals surface area contributed by atoms with E-state index < -0.39 is 0 Å². The molecule has 2 N–H and O–H groups in total. The molecule has 1 aromatic carbocycles. The third-order valence-electron chi connectivity index (χ3n) is 3.03. The molecule has 2 aromatic rings. The van der Waals surface area contributed by atoms with Gasteiger partial charge in [0.1, 0.15) is 0 Å². The lowest BCUT2D eigenvalue weighted by molar-refractivity contribution is 0.411. The maximum absolute atomic E-state index is 6.08. The Morgan fingerprint density at radius 2 is 2.11 bits per heavy atom. The van der Waals surface area contributed by atoms with E-state index in [0.29, 0.717) is 33.2 Å². The zero-order valence-corrected chi connectivity index (χ0v) is 10.9. The van der Waals surface area contributed by atoms with Crippen LogP contribution in [0.5, 0.6) is 0 Å². The molecule has 94 valence electrons. The smallest absolute Gasteiger partial charge is 0.259 e. The van der Waals surface area contributed by atoms with Crippen molar-refractivity contribution < 1.29 is 4.52 Å². The van der Waals surface area contributed by atoms with Gasteiger partial charge in [-0.15, -0.1) is 0 Å². The number of halogens is 2. The molecule has 0 radical (unpaired) electrons. The molecule has 0 aliphatic heterocycles. The highest BCUT2D eigenvalue weighted by atomic mass is 35.5. The fourth-order valence-corrected chi connectivity index (χ4v) is 2.18. The number of nitrogens with zero attached hydrogens (tertiary/aromatic N) is 2. The number of aromatic nitrogens is 2. The summed E-state index contributed by atoms with van der Waals surface area (Å²) in [5.41, 5.74) is 6.65. The van der Waals surface area contributed by atoms with Gasteiger partial charge in [-0.05, 0) is 37.0 Å². The van der Waals surface area contributed by atoms with E-state index >= 15 is 0 Å². The number of benzene rings is 1. The minimum absolute atomic E-state index is 0.152. The van der Waals surface area contributed by atoms with E-state index in [9.17, 15) is 0 Å². The Balaban J connectivity index is 1.94. The number of rotatable bonds is 3. The molecule has 1 aliphatic rings. The fourth-order valence-electron chi connectivity index (χ4n) is 1.81. The van der Waals surface area contributed by atoms with E-state index in [1.54, 1.807) is 18.2 Å². The van der Waals surface area contributed by atoms with Crippen molar-refractivity contribution >= 4 is 23.2 Å². The number of nitrogens with two attached hydrogens (primary N) is 1. The molecule has 0 saturated heterocycles. The molecule has 1 unspecified atom stereocenters. The molecular formula is C12H11Cl2N3O. The average Bonchev–Trinajstić information content (AvgIpc) is 3.09. The Morgan fingerprint density at radius 3 is 2.83 bits per heavy atom. The van der Waals surface area contributed by atoms with Crippen molar-refractivity contribution in [2.45, 2.75) is 18.9 Å². The van der Waals surface area contributed by atoms with Gasteiger partial charge in [0.15, 0.2) is 5.82 Å². The molecule has 1 fully saturated rings. The summed E-state index contributed by atoms with van der Waals surface area (Å²) in [6.07, 6.45) is 2.26. The van der Waals surface area contributed by atoms with Crippen LogP contribution in [0.25, 0.3) is 11.5 Å². The lowest BCUT2D eigenvalue weighted by atomic mass is 10.2. The van der Waals surface area contributed by atoms with Crippen molar-refractivity contribution in [2.24, 2.45) is 11.7 Å². The molecular weight excluding hydrogens is 273 g/mol. The first-order valence-electron chi connectivity index (χ1n) is 5.70. The van der Waals surface area contributed by atoms with Gasteiger partial charge in [-0.3, -0.25) is 0 Å². The van der Waals surface area contributed by atoms with Crippen LogP contribution in [-0.2, 0) is 0 Å². The molecule has 6 heteroatoms. The lowest BCUT2D eigenvalue weighted by Crippen LogP contribution is -2.13. The molecule has 0 bridgehead atoms. The third kappa shape index (κ3) is 2.23. The molecule has 1 heterocycles. The normalized spacial score (nSPS) is 16.8. The zero-order chi connectivity index (χ0) is 12.7. The number of hydrogen-bond acceptors (Lipinski definition) is 4. The summed E-state index contributed by atoms with van der Waals surface area (Å²) >= 11 is 12.0. The van der Waals surface area contributed by atoms with Gasteiger partial charge < -0.3 is 10.3 Å². The van der Waals surface area contributed by atoms with Crippen LogP contribution in [0.4, 0.5) is 0 Å². The highest BCUT2D eigenvalue weighted by Gasteiger charge is 2.32. The summed E-state index contributed by atoms with van der Waals surface area (Å²) in [7, 11) is 0. The van der Waals surface area contributed by atoms with Gasteiger partial charge in [0.05, 0.1) is 16.6 Å². The summed E-state index contributed by atoms with van der Waals surface area (Å²) < 4.78 is 5.20. The van der Waals surface area contributed by atoms with Crippen LogP contribution in [-0.4, -0.2) is 10.1 Å². The minimum atomic E-state index is -0.152. The Labute approximate surface area is 114 Å². The molecule has 1 aromatic heterocycles. The zero-order valence-electron chi connectivity index (χ0n) is 9.44. The van der Waals surface area contributed by atoms with E-state index in [1.165, 1.54) is 0 Å². The summed E-state index contributed by atoms with van der Waals surface area (Å²) in [4.78, 5) is 4.30. The van der Waals surface area contributed by atoms with Gasteiger partial charge in [0.2, 0.25) is 0 Å². The largest absolute Gasteiger partial charge is 0.334 e. The predicted molar refractivity (Wildman–Crippen MR) is 69.4 cm³/mol. The Hall–Kier alpha value is -1.10. The second-order valence-electron chi connectivity index (χ2n) is 4.45. The molecule has 4 nitrogen and oxygen atoms in total.